The van der Waals surface area contributed by atoms with Gasteiger partial charge in [-0.05, 0) is 228 Å². The molecule has 2 atom stereocenters. The molecule has 25 heteroatoms. The van der Waals surface area contributed by atoms with Gasteiger partial charge in [-0.1, -0.05) is 249 Å². The highest BCUT2D eigenvalue weighted by Gasteiger charge is 2.55. The number of hydrogen-bond donors (Lipinski definition) is 6. The average molecular weight is 1820 g/mol. The zero-order valence-corrected chi connectivity index (χ0v) is 79.9. The van der Waals surface area contributed by atoms with E-state index in [1.807, 2.05) is 83.1 Å². The van der Waals surface area contributed by atoms with Gasteiger partial charge in [0.05, 0.1) is 77.4 Å². The number of benzene rings is 5. The van der Waals surface area contributed by atoms with Crippen LogP contribution in [-0.2, 0) is 62.0 Å². The minimum Gasteiger partial charge on any atom is -0.509 e. The number of carbonyl (C=O) groups excluding carboxylic acids is 9. The second-order valence-electron chi connectivity index (χ2n) is 37.1. The van der Waals surface area contributed by atoms with Crippen molar-refractivity contribution < 1.29 is 76.7 Å². The Morgan fingerprint density at radius 1 is 0.339 bits per heavy atom. The molecule has 0 radical (unpaired) electrons. The van der Waals surface area contributed by atoms with Gasteiger partial charge in [-0.2, -0.15) is 0 Å². The zero-order valence-electron chi connectivity index (χ0n) is 76.9. The van der Waals surface area contributed by atoms with E-state index in [4.69, 9.17) is 74.8 Å². The molecule has 0 aromatic heterocycles. The topological polar surface area (TPSA) is 289 Å². The number of rotatable bonds is 15. The molecule has 15 rings (SSSR count). The number of aryl methyl sites for hydroxylation is 9. The van der Waals surface area contributed by atoms with Crippen LogP contribution in [0.2, 0.25) is 20.1 Å². The first-order chi connectivity index (χ1) is 60.2. The van der Waals surface area contributed by atoms with Crippen molar-refractivity contribution in [3.8, 4) is 0 Å². The molecular formula is C102H127Cl4N5O16. The molecule has 5 spiro atoms. The highest BCUT2D eigenvalue weighted by molar-refractivity contribution is 6.39. The molecule has 5 amide bonds. The van der Waals surface area contributed by atoms with Crippen molar-refractivity contribution in [2.24, 2.45) is 11.8 Å². The van der Waals surface area contributed by atoms with Gasteiger partial charge in [0.2, 0.25) is 0 Å². The SMILES string of the molecule is CC(C)C(=O)OC1=C(c2ccc(Cl)cc2Cl)C(=O)NC12CCCCC2.CCC(C)OC(=O)OC1=C(c2c(C)cc(C)cc2C)C(=O)NC12CCCCC2.CCC(C)OC(=O)OC1=C(c2ccc(Cl)cc2Cl)C(=O)NC12CCCCC2.Cc1cc(C)c(C2=C(O)C3(CCCCC3)NC2=O)c(C)c1.Cc1cc(C)c(C2=C(OC(=O)C(C)C)C3(CCCCC3)NC2=O)c(C)c1. The molecule has 10 aliphatic rings. The minimum atomic E-state index is -0.802. The Morgan fingerprint density at radius 2 is 0.575 bits per heavy atom. The summed E-state index contributed by atoms with van der Waals surface area (Å²) in [7, 11) is 0. The zero-order chi connectivity index (χ0) is 92.5. The van der Waals surface area contributed by atoms with Crippen LogP contribution in [0, 0.1) is 74.1 Å². The van der Waals surface area contributed by atoms with Crippen LogP contribution in [0.5, 0.6) is 0 Å². The van der Waals surface area contributed by atoms with Crippen LogP contribution in [-0.4, -0.2) is 98.8 Å². The molecule has 5 aromatic carbocycles. The predicted octanol–water partition coefficient (Wildman–Crippen LogP) is 23.4. The smallest absolute Gasteiger partial charge is 0.509 e. The van der Waals surface area contributed by atoms with E-state index < -0.39 is 40.0 Å². The van der Waals surface area contributed by atoms with Crippen LogP contribution in [0.15, 0.2) is 102 Å². The predicted molar refractivity (Wildman–Crippen MR) is 498 cm³/mol. The summed E-state index contributed by atoms with van der Waals surface area (Å²) in [6.45, 7) is 32.9. The van der Waals surface area contributed by atoms with Gasteiger partial charge < -0.3 is 60.1 Å². The van der Waals surface area contributed by atoms with E-state index in [0.29, 0.717) is 102 Å². The van der Waals surface area contributed by atoms with Crippen LogP contribution in [0.3, 0.4) is 0 Å². The third kappa shape index (κ3) is 21.7. The van der Waals surface area contributed by atoms with Crippen molar-refractivity contribution in [3.63, 3.8) is 0 Å². The third-order valence-corrected chi connectivity index (χ3v) is 27.5. The number of esters is 2. The first-order valence-corrected chi connectivity index (χ1v) is 47.1. The fourth-order valence-corrected chi connectivity index (χ4v) is 21.0. The van der Waals surface area contributed by atoms with Crippen LogP contribution >= 0.6 is 46.4 Å². The number of nitrogens with one attached hydrogen (secondary N) is 5. The standard InChI is InChI=1S/C23H31NO4.C22H29NO3.C20H23Cl2NO4.C19H21Cl2NO3.C18H23NO2/c1-6-17(5)27-22(26)28-20-19(18-15(3)12-14(2)13-16(18)4)21(25)24-23(20)10-8-7-9-11-23;1-13(2)21(25)26-19-18(17-15(4)11-14(3)12-16(17)5)20(24)23-22(19)9-7-6-8-10-22;1-3-12(2)26-19(25)27-17-16(14-8-7-13(21)11-15(14)22)18(24)23-20(17)9-5-4-6-10-20;1-11(2)18(24)25-16-15(13-7-6-12(20)10-14(13)21)17(23)22-19(16)8-4-3-5-9-19;1-11-9-12(2)14(13(3)10-11)15-16(20)18(19-17(15)21)7-5-4-6-8-18/h12-13,17H,6-11H2,1-5H3,(H,24,25);11-13H,6-10H2,1-5H3,(H,23,24);7-8,11-12H,3-6,9-10H2,1-2H3,(H,23,24);6-7,10-11H,3-5,8-9H2,1-2H3,(H,22,23);9-10,20H,4-8H2,1-3H3,(H,19,21). The Balaban J connectivity index is 0.000000154. The van der Waals surface area contributed by atoms with E-state index in [0.717, 1.165) is 202 Å². The summed E-state index contributed by atoms with van der Waals surface area (Å²) in [6, 6.07) is 22.3. The van der Waals surface area contributed by atoms with Gasteiger partial charge >= 0.3 is 24.2 Å². The number of ether oxygens (including phenoxy) is 6. The maximum Gasteiger partial charge on any atom is 0.513 e. The van der Waals surface area contributed by atoms with Gasteiger partial charge in [0.15, 0.2) is 5.76 Å². The Hall–Kier alpha value is -9.41. The van der Waals surface area contributed by atoms with Crippen LogP contribution in [0.25, 0.3) is 27.9 Å². The molecule has 5 saturated carbocycles. The molecule has 5 aliphatic heterocycles. The van der Waals surface area contributed by atoms with Crippen LogP contribution in [0.4, 0.5) is 9.59 Å². The summed E-state index contributed by atoms with van der Waals surface area (Å²) >= 11 is 24.6. The van der Waals surface area contributed by atoms with E-state index in [-0.39, 0.29) is 76.9 Å². The summed E-state index contributed by atoms with van der Waals surface area (Å²) in [5.74, 6) is -0.110. The van der Waals surface area contributed by atoms with E-state index >= 15 is 0 Å². The Kier molecular flexibility index (Phi) is 32.1. The largest absolute Gasteiger partial charge is 0.513 e. The van der Waals surface area contributed by atoms with Gasteiger partial charge in [-0.15, -0.1) is 0 Å². The Morgan fingerprint density at radius 3 is 0.850 bits per heavy atom. The van der Waals surface area contributed by atoms with Crippen LogP contribution in [0.1, 0.15) is 307 Å². The van der Waals surface area contributed by atoms with E-state index in [9.17, 15) is 48.3 Å². The average Bonchev–Trinajstić information content (AvgIpc) is 1.64. The summed E-state index contributed by atoms with van der Waals surface area (Å²) in [4.78, 5) is 114. The molecule has 5 aliphatic carbocycles. The van der Waals surface area contributed by atoms with E-state index in [1.165, 1.54) is 12.0 Å². The Bertz CT molecular complexity index is 5200. The van der Waals surface area contributed by atoms with Gasteiger partial charge in [-0.25, -0.2) is 9.59 Å². The Labute approximate surface area is 768 Å². The second kappa shape index (κ2) is 41.6. The molecular weight excluding hydrogens is 1690 g/mol. The lowest BCUT2D eigenvalue weighted by Gasteiger charge is -2.35. The van der Waals surface area contributed by atoms with E-state index in [1.54, 1.807) is 57.2 Å². The fourth-order valence-electron chi connectivity index (χ4n) is 20.0. The highest BCUT2D eigenvalue weighted by Crippen LogP contribution is 2.51. The van der Waals surface area contributed by atoms with Crippen molar-refractivity contribution in [2.45, 2.75) is 331 Å². The normalized spacial score (nSPS) is 19.8. The van der Waals surface area contributed by atoms with Crippen LogP contribution < -0.4 is 26.6 Å². The van der Waals surface area contributed by atoms with Crippen molar-refractivity contribution >= 4 is 128 Å². The summed E-state index contributed by atoms with van der Waals surface area (Å²) in [6.07, 6.45) is 22.8. The monoisotopic (exact) mass is 1820 g/mol. The molecule has 5 fully saturated rings. The molecule has 2 unspecified atom stereocenters. The quantitative estimate of drug-likeness (QED) is 0.0419. The molecule has 684 valence electrons. The summed E-state index contributed by atoms with van der Waals surface area (Å²) < 4.78 is 33.7. The maximum atomic E-state index is 13.1. The van der Waals surface area contributed by atoms with E-state index in [2.05, 4.69) is 76.8 Å². The molecule has 127 heavy (non-hydrogen) atoms. The van der Waals surface area contributed by atoms with Gasteiger partial charge in [0.25, 0.3) is 29.5 Å². The first-order valence-electron chi connectivity index (χ1n) is 45.6. The number of aliphatic hydroxyl groups is 1. The highest BCUT2D eigenvalue weighted by atomic mass is 35.5. The minimum absolute atomic E-state index is 0.117. The van der Waals surface area contributed by atoms with Crippen molar-refractivity contribution in [1.82, 2.24) is 26.6 Å². The third-order valence-electron chi connectivity index (χ3n) is 26.4. The number of amides is 5. The lowest BCUT2D eigenvalue weighted by Crippen LogP contribution is -2.47. The number of aliphatic hydroxyl groups excluding tert-OH is 1. The molecule has 5 aromatic rings. The molecule has 21 nitrogen and oxygen atoms in total. The fraction of sp³-hybridized carbons (Fsp3) is 0.520. The van der Waals surface area contributed by atoms with Crippen molar-refractivity contribution in [3.05, 3.63) is 200 Å². The lowest BCUT2D eigenvalue weighted by molar-refractivity contribution is -0.145. The van der Waals surface area contributed by atoms with Crippen molar-refractivity contribution in [2.75, 3.05) is 0 Å². The molecule has 6 N–H and O–H groups in total. The van der Waals surface area contributed by atoms with Gasteiger partial charge in [-0.3, -0.25) is 33.6 Å². The number of carbonyl (C=O) groups is 9. The number of hydrogen-bond acceptors (Lipinski definition) is 16. The molecule has 5 heterocycles. The van der Waals surface area contributed by atoms with Gasteiger partial charge in [0, 0.05) is 21.2 Å². The van der Waals surface area contributed by atoms with Crippen molar-refractivity contribution in [1.29, 1.82) is 0 Å². The molecule has 0 bridgehead atoms. The molecule has 0 saturated heterocycles. The second-order valence-corrected chi connectivity index (χ2v) is 38.8. The van der Waals surface area contributed by atoms with Gasteiger partial charge in [0.1, 0.15) is 35.2 Å². The maximum absolute atomic E-state index is 13.1. The lowest BCUT2D eigenvalue weighted by atomic mass is 9.80. The summed E-state index contributed by atoms with van der Waals surface area (Å²) in [5.41, 5.74) is 12.6. The first kappa shape index (κ1) is 98.2. The summed E-state index contributed by atoms with van der Waals surface area (Å²) in [5, 5.41) is 28.0. The number of halogens is 4.